The highest BCUT2D eigenvalue weighted by atomic mass is 32.2. The maximum atomic E-state index is 5.48. The quantitative estimate of drug-likeness (QED) is 0.825. The molecule has 4 heteroatoms. The number of H-pyrrole nitrogens is 1. The molecule has 102 valence electrons. The van der Waals surface area contributed by atoms with E-state index in [0.29, 0.717) is 12.0 Å². The third kappa shape index (κ3) is 2.96. The molecule has 1 aliphatic rings. The number of aromatic amines is 1. The summed E-state index contributed by atoms with van der Waals surface area (Å²) in [6.07, 6.45) is 1.18. The number of rotatable bonds is 5. The molecule has 3 rings (SSSR count). The lowest BCUT2D eigenvalue weighted by atomic mass is 10.0. The first kappa shape index (κ1) is 13.0. The van der Waals surface area contributed by atoms with Gasteiger partial charge in [-0.25, -0.2) is 0 Å². The first-order valence-corrected chi connectivity index (χ1v) is 7.81. The molecule has 0 bridgehead atoms. The van der Waals surface area contributed by atoms with Crippen LogP contribution in [0.4, 0.5) is 0 Å². The number of aromatic nitrogens is 1. The highest BCUT2D eigenvalue weighted by molar-refractivity contribution is 7.99. The molecule has 3 nitrogen and oxygen atoms in total. The third-order valence-electron chi connectivity index (χ3n) is 3.83. The van der Waals surface area contributed by atoms with Crippen LogP contribution in [0.3, 0.4) is 0 Å². The smallest absolute Gasteiger partial charge is 0.0733 e. The molecule has 0 saturated carbocycles. The molecule has 0 radical (unpaired) electrons. The van der Waals surface area contributed by atoms with Crippen molar-refractivity contribution < 1.29 is 4.74 Å². The van der Waals surface area contributed by atoms with E-state index < -0.39 is 0 Å². The predicted octanol–water partition coefficient (Wildman–Crippen LogP) is 2.88. The van der Waals surface area contributed by atoms with Gasteiger partial charge in [0.1, 0.15) is 0 Å². The van der Waals surface area contributed by atoms with Crippen LogP contribution in [-0.4, -0.2) is 37.0 Å². The van der Waals surface area contributed by atoms with Crippen LogP contribution in [0.1, 0.15) is 6.42 Å². The van der Waals surface area contributed by atoms with Crippen LogP contribution in [0.25, 0.3) is 10.9 Å². The molecule has 1 aromatic heterocycles. The zero-order chi connectivity index (χ0) is 13.1. The van der Waals surface area contributed by atoms with Crippen molar-refractivity contribution in [3.8, 4) is 0 Å². The van der Waals surface area contributed by atoms with Gasteiger partial charge >= 0.3 is 0 Å². The number of benzene rings is 1. The number of thioether (sulfide) groups is 1. The lowest BCUT2D eigenvalue weighted by molar-refractivity contribution is 0.180. The summed E-state index contributed by atoms with van der Waals surface area (Å²) in [6, 6.07) is 11.2. The Morgan fingerprint density at radius 1 is 1.47 bits per heavy atom. The maximum absolute atomic E-state index is 5.48. The van der Waals surface area contributed by atoms with Gasteiger partial charge in [-0.3, -0.25) is 0 Å². The second-order valence-corrected chi connectivity index (χ2v) is 6.11. The Morgan fingerprint density at radius 2 is 2.37 bits per heavy atom. The van der Waals surface area contributed by atoms with Crippen molar-refractivity contribution in [2.24, 2.45) is 5.92 Å². The van der Waals surface area contributed by atoms with Crippen molar-refractivity contribution in [2.45, 2.75) is 17.5 Å². The molecular weight excluding hydrogens is 256 g/mol. The third-order valence-corrected chi connectivity index (χ3v) is 4.89. The molecule has 2 heterocycles. The van der Waals surface area contributed by atoms with Gasteiger partial charge in [-0.05, 0) is 25.6 Å². The van der Waals surface area contributed by atoms with Gasteiger partial charge in [-0.15, -0.1) is 11.8 Å². The van der Waals surface area contributed by atoms with Gasteiger partial charge < -0.3 is 15.0 Å². The van der Waals surface area contributed by atoms with Crippen molar-refractivity contribution in [2.75, 3.05) is 26.0 Å². The molecule has 0 spiro atoms. The van der Waals surface area contributed by atoms with Crippen molar-refractivity contribution in [1.29, 1.82) is 0 Å². The molecule has 1 fully saturated rings. The minimum absolute atomic E-state index is 0.527. The maximum Gasteiger partial charge on any atom is 0.0733 e. The van der Waals surface area contributed by atoms with E-state index in [1.165, 1.54) is 22.3 Å². The summed E-state index contributed by atoms with van der Waals surface area (Å²) >= 11 is 1.89. The van der Waals surface area contributed by atoms with Gasteiger partial charge in [0.2, 0.25) is 0 Å². The Balaban J connectivity index is 1.64. The zero-order valence-corrected chi connectivity index (χ0v) is 12.0. The van der Waals surface area contributed by atoms with Crippen LogP contribution in [0.2, 0.25) is 0 Å². The molecule has 0 aliphatic carbocycles. The van der Waals surface area contributed by atoms with Crippen molar-refractivity contribution in [3.63, 3.8) is 0 Å². The van der Waals surface area contributed by atoms with Crippen LogP contribution < -0.4 is 5.32 Å². The van der Waals surface area contributed by atoms with E-state index >= 15 is 0 Å². The number of nitrogens with one attached hydrogen (secondary N) is 2. The Hall–Kier alpha value is -0.970. The fraction of sp³-hybridized carbons (Fsp3) is 0.467. The summed E-state index contributed by atoms with van der Waals surface area (Å²) in [5.74, 6) is 1.74. The molecule has 2 aromatic rings. The molecule has 0 amide bonds. The van der Waals surface area contributed by atoms with Gasteiger partial charge in [0.25, 0.3) is 0 Å². The summed E-state index contributed by atoms with van der Waals surface area (Å²) in [5.41, 5.74) is 1.22. The summed E-state index contributed by atoms with van der Waals surface area (Å²) in [6.45, 7) is 1.82. The molecule has 1 aliphatic heterocycles. The Morgan fingerprint density at radius 3 is 3.11 bits per heavy atom. The first-order chi connectivity index (χ1) is 9.36. The average Bonchev–Trinajstić information content (AvgIpc) is 3.08. The normalized spacial score (nSPS) is 21.0. The van der Waals surface area contributed by atoms with Crippen molar-refractivity contribution in [3.05, 3.63) is 30.3 Å². The number of hydrogen-bond donors (Lipinski definition) is 2. The molecule has 2 atom stereocenters. The minimum atomic E-state index is 0.527. The number of para-hydroxylation sites is 1. The first-order valence-electron chi connectivity index (χ1n) is 6.82. The summed E-state index contributed by atoms with van der Waals surface area (Å²) in [7, 11) is 2.05. The topological polar surface area (TPSA) is 37.0 Å². The van der Waals surface area contributed by atoms with E-state index in [2.05, 4.69) is 47.7 Å². The largest absolute Gasteiger partial charge is 0.381 e. The van der Waals surface area contributed by atoms with Gasteiger partial charge in [0.05, 0.1) is 11.6 Å². The van der Waals surface area contributed by atoms with Crippen molar-refractivity contribution in [1.82, 2.24) is 10.3 Å². The van der Waals surface area contributed by atoms with Crippen LogP contribution in [0.15, 0.2) is 35.4 Å². The summed E-state index contributed by atoms with van der Waals surface area (Å²) < 4.78 is 5.48. The van der Waals surface area contributed by atoms with E-state index in [9.17, 15) is 0 Å². The summed E-state index contributed by atoms with van der Waals surface area (Å²) in [4.78, 5) is 3.47. The lowest BCUT2D eigenvalue weighted by Gasteiger charge is -2.20. The highest BCUT2D eigenvalue weighted by Crippen LogP contribution is 2.26. The van der Waals surface area contributed by atoms with Gasteiger partial charge in [-0.2, -0.15) is 0 Å². The van der Waals surface area contributed by atoms with E-state index in [1.807, 2.05) is 11.8 Å². The molecule has 1 saturated heterocycles. The van der Waals surface area contributed by atoms with Crippen LogP contribution >= 0.6 is 11.8 Å². The van der Waals surface area contributed by atoms with E-state index in [4.69, 9.17) is 4.74 Å². The molecule has 2 N–H and O–H groups in total. The second kappa shape index (κ2) is 5.99. The standard InChI is InChI=1S/C15H20N2OS/c1-16-14(12-6-7-18-9-12)10-19-15-8-11-4-2-3-5-13(11)17-15/h2-5,8,12,14,16-17H,6-7,9-10H2,1H3. The SMILES string of the molecule is CNC(CSc1cc2ccccc2[nH]1)C1CCOC1. The fourth-order valence-electron chi connectivity index (χ4n) is 2.63. The predicted molar refractivity (Wildman–Crippen MR) is 80.8 cm³/mol. The average molecular weight is 276 g/mol. The van der Waals surface area contributed by atoms with Crippen LogP contribution in [0.5, 0.6) is 0 Å². The minimum Gasteiger partial charge on any atom is -0.381 e. The number of fused-ring (bicyclic) bond motifs is 1. The van der Waals surface area contributed by atoms with Crippen LogP contribution in [-0.2, 0) is 4.74 Å². The van der Waals surface area contributed by atoms with Crippen molar-refractivity contribution >= 4 is 22.7 Å². The van der Waals surface area contributed by atoms with E-state index in [-0.39, 0.29) is 0 Å². The number of hydrogen-bond acceptors (Lipinski definition) is 3. The molecule has 19 heavy (non-hydrogen) atoms. The molecular formula is C15H20N2OS. The molecule has 1 aromatic carbocycles. The fourth-order valence-corrected chi connectivity index (χ4v) is 3.82. The lowest BCUT2D eigenvalue weighted by Crippen LogP contribution is -2.36. The monoisotopic (exact) mass is 276 g/mol. The van der Waals surface area contributed by atoms with E-state index in [1.54, 1.807) is 0 Å². The number of ether oxygens (including phenoxy) is 1. The van der Waals surface area contributed by atoms with E-state index in [0.717, 1.165) is 19.0 Å². The Labute approximate surface area is 118 Å². The second-order valence-electron chi connectivity index (χ2n) is 5.05. The molecule has 2 unspecified atom stereocenters. The Kier molecular flexibility index (Phi) is 4.11. The summed E-state index contributed by atoms with van der Waals surface area (Å²) in [5, 5.41) is 5.97. The highest BCUT2D eigenvalue weighted by Gasteiger charge is 2.24. The van der Waals surface area contributed by atoms with Gasteiger partial charge in [0, 0.05) is 35.2 Å². The Bertz CT molecular complexity index is 501. The van der Waals surface area contributed by atoms with Gasteiger partial charge in [0.15, 0.2) is 0 Å². The zero-order valence-electron chi connectivity index (χ0n) is 11.2. The van der Waals surface area contributed by atoms with Gasteiger partial charge in [-0.1, -0.05) is 18.2 Å². The van der Waals surface area contributed by atoms with Crippen LogP contribution in [0, 0.1) is 5.92 Å².